The van der Waals surface area contributed by atoms with Crippen molar-refractivity contribution in [2.24, 2.45) is 0 Å². The normalized spacial score (nSPS) is 11.1. The van der Waals surface area contributed by atoms with Crippen molar-refractivity contribution in [3.63, 3.8) is 0 Å². The first-order chi connectivity index (χ1) is 9.88. The Hall–Kier alpha value is -1.40. The summed E-state index contributed by atoms with van der Waals surface area (Å²) in [6.45, 7) is 0.775. The summed E-state index contributed by atoms with van der Waals surface area (Å²) in [4.78, 5) is 13.2. The lowest BCUT2D eigenvalue weighted by Crippen LogP contribution is -1.99. The average molecular weight is 349 g/mol. The van der Waals surface area contributed by atoms with E-state index in [0.29, 0.717) is 0 Å². The van der Waals surface area contributed by atoms with Crippen LogP contribution in [0.25, 0.3) is 11.2 Å². The van der Waals surface area contributed by atoms with Gasteiger partial charge in [0, 0.05) is 11.1 Å². The van der Waals surface area contributed by atoms with Crippen molar-refractivity contribution in [2.45, 2.75) is 11.6 Å². The molecule has 0 bridgehead atoms. The maximum atomic E-state index is 4.47. The van der Waals surface area contributed by atoms with E-state index in [2.05, 4.69) is 47.6 Å². The number of nitrogens with zero attached hydrogens (tertiary/aromatic N) is 4. The zero-order valence-corrected chi connectivity index (χ0v) is 13.1. The van der Waals surface area contributed by atoms with Gasteiger partial charge >= 0.3 is 0 Å². The first kappa shape index (κ1) is 13.6. The van der Waals surface area contributed by atoms with Crippen LogP contribution in [0.4, 0.5) is 0 Å². The Bertz CT molecular complexity index is 699. The zero-order chi connectivity index (χ0) is 13.8. The molecule has 0 aliphatic carbocycles. The van der Waals surface area contributed by atoms with Crippen molar-refractivity contribution in [3.05, 3.63) is 48.5 Å². The molecule has 102 valence electrons. The summed E-state index contributed by atoms with van der Waals surface area (Å²) in [7, 11) is 0. The van der Waals surface area contributed by atoms with E-state index in [4.69, 9.17) is 0 Å². The van der Waals surface area contributed by atoms with Crippen LogP contribution >= 0.6 is 27.7 Å². The number of thioether (sulfide) groups is 1. The number of alkyl halides is 1. The predicted molar refractivity (Wildman–Crippen MR) is 85.4 cm³/mol. The molecular formula is C14H13BrN4S. The molecule has 0 aliphatic heterocycles. The number of benzene rings is 1. The van der Waals surface area contributed by atoms with E-state index in [0.717, 1.165) is 33.8 Å². The lowest BCUT2D eigenvalue weighted by Gasteiger charge is -2.04. The van der Waals surface area contributed by atoms with Gasteiger partial charge in [-0.15, -0.1) is 11.8 Å². The van der Waals surface area contributed by atoms with E-state index in [1.807, 2.05) is 24.5 Å². The lowest BCUT2D eigenvalue weighted by molar-refractivity contribution is 0.812. The molecule has 3 rings (SSSR count). The minimum Gasteiger partial charge on any atom is -0.311 e. The van der Waals surface area contributed by atoms with Crippen LogP contribution in [0.1, 0.15) is 5.56 Å². The summed E-state index contributed by atoms with van der Waals surface area (Å²) in [6.07, 6.45) is 3.45. The van der Waals surface area contributed by atoms with Gasteiger partial charge in [-0.2, -0.15) is 0 Å². The third kappa shape index (κ3) is 2.86. The van der Waals surface area contributed by atoms with Crippen LogP contribution in [-0.2, 0) is 6.54 Å². The Morgan fingerprint density at radius 2 is 1.95 bits per heavy atom. The Morgan fingerprint density at radius 3 is 2.75 bits per heavy atom. The molecule has 3 aromatic rings. The van der Waals surface area contributed by atoms with Crippen LogP contribution in [0.3, 0.4) is 0 Å². The fourth-order valence-electron chi connectivity index (χ4n) is 2.00. The Labute approximate surface area is 129 Å². The highest BCUT2D eigenvalue weighted by Crippen LogP contribution is 2.23. The van der Waals surface area contributed by atoms with Crippen LogP contribution in [0.2, 0.25) is 0 Å². The standard InChI is InChI=1S/C14H13BrN4S/c15-6-7-20-14-12-13(16-9-17-14)19(10-18-12)8-11-4-2-1-3-5-11/h1-5,9-10H,6-8H2. The summed E-state index contributed by atoms with van der Waals surface area (Å²) in [5.74, 6) is 0.970. The van der Waals surface area contributed by atoms with E-state index in [1.54, 1.807) is 18.1 Å². The number of imidazole rings is 1. The molecule has 6 heteroatoms. The second-order valence-electron chi connectivity index (χ2n) is 4.25. The van der Waals surface area contributed by atoms with Crippen molar-refractivity contribution in [1.29, 1.82) is 0 Å². The Morgan fingerprint density at radius 1 is 1.10 bits per heavy atom. The average Bonchev–Trinajstić information content (AvgIpc) is 2.90. The molecule has 0 fully saturated rings. The van der Waals surface area contributed by atoms with E-state index in [1.165, 1.54) is 5.56 Å². The summed E-state index contributed by atoms with van der Waals surface area (Å²) in [5, 5.41) is 1.88. The summed E-state index contributed by atoms with van der Waals surface area (Å²) in [5.41, 5.74) is 3.01. The largest absolute Gasteiger partial charge is 0.311 e. The van der Waals surface area contributed by atoms with Gasteiger partial charge in [-0.25, -0.2) is 15.0 Å². The summed E-state index contributed by atoms with van der Waals surface area (Å²) in [6, 6.07) is 10.3. The molecule has 0 atom stereocenters. The van der Waals surface area contributed by atoms with Gasteiger partial charge in [-0.1, -0.05) is 46.3 Å². The topological polar surface area (TPSA) is 43.6 Å². The van der Waals surface area contributed by atoms with Gasteiger partial charge in [0.05, 0.1) is 12.9 Å². The minimum absolute atomic E-state index is 0.775. The number of aromatic nitrogens is 4. The summed E-state index contributed by atoms with van der Waals surface area (Å²) >= 11 is 5.13. The van der Waals surface area contributed by atoms with Crippen LogP contribution in [0.5, 0.6) is 0 Å². The molecule has 1 aromatic carbocycles. The van der Waals surface area contributed by atoms with Gasteiger partial charge in [-0.3, -0.25) is 0 Å². The fraction of sp³-hybridized carbons (Fsp3) is 0.214. The molecule has 0 radical (unpaired) electrons. The smallest absolute Gasteiger partial charge is 0.164 e. The Kier molecular flexibility index (Phi) is 4.32. The highest BCUT2D eigenvalue weighted by molar-refractivity contribution is 9.09. The van der Waals surface area contributed by atoms with Crippen LogP contribution in [0.15, 0.2) is 48.0 Å². The number of halogens is 1. The fourth-order valence-corrected chi connectivity index (χ4v) is 3.15. The Balaban J connectivity index is 1.93. The molecule has 20 heavy (non-hydrogen) atoms. The highest BCUT2D eigenvalue weighted by atomic mass is 79.9. The first-order valence-electron chi connectivity index (χ1n) is 6.27. The number of rotatable bonds is 5. The number of hydrogen-bond acceptors (Lipinski definition) is 4. The van der Waals surface area contributed by atoms with Crippen LogP contribution < -0.4 is 0 Å². The van der Waals surface area contributed by atoms with Gasteiger partial charge in [-0.05, 0) is 5.56 Å². The van der Waals surface area contributed by atoms with Gasteiger partial charge in [0.15, 0.2) is 5.65 Å². The quantitative estimate of drug-likeness (QED) is 0.403. The zero-order valence-electron chi connectivity index (χ0n) is 10.7. The maximum absolute atomic E-state index is 4.47. The molecule has 2 heterocycles. The third-order valence-corrected chi connectivity index (χ3v) is 4.78. The molecule has 2 aromatic heterocycles. The molecule has 0 saturated carbocycles. The number of hydrogen-bond donors (Lipinski definition) is 0. The SMILES string of the molecule is BrCCSc1ncnc2c1ncn2Cc1ccccc1. The molecule has 0 aliphatic rings. The lowest BCUT2D eigenvalue weighted by atomic mass is 10.2. The second kappa shape index (κ2) is 6.37. The minimum atomic E-state index is 0.775. The van der Waals surface area contributed by atoms with Crippen LogP contribution in [-0.4, -0.2) is 30.6 Å². The highest BCUT2D eigenvalue weighted by Gasteiger charge is 2.10. The summed E-state index contributed by atoms with van der Waals surface area (Å²) < 4.78 is 2.06. The predicted octanol–water partition coefficient (Wildman–Crippen LogP) is 3.36. The van der Waals surface area contributed by atoms with Gasteiger partial charge in [0.2, 0.25) is 0 Å². The second-order valence-corrected chi connectivity index (χ2v) is 6.12. The molecule has 0 saturated heterocycles. The van der Waals surface area contributed by atoms with E-state index >= 15 is 0 Å². The maximum Gasteiger partial charge on any atom is 0.164 e. The molecule has 4 nitrogen and oxygen atoms in total. The molecule has 0 spiro atoms. The first-order valence-corrected chi connectivity index (χ1v) is 8.37. The molecule has 0 N–H and O–H groups in total. The van der Waals surface area contributed by atoms with Crippen molar-refractivity contribution in [1.82, 2.24) is 19.5 Å². The van der Waals surface area contributed by atoms with E-state index < -0.39 is 0 Å². The third-order valence-electron chi connectivity index (χ3n) is 2.88. The monoisotopic (exact) mass is 348 g/mol. The van der Waals surface area contributed by atoms with Crippen molar-refractivity contribution in [2.75, 3.05) is 11.1 Å². The van der Waals surface area contributed by atoms with Crippen LogP contribution in [0, 0.1) is 0 Å². The van der Waals surface area contributed by atoms with Gasteiger partial charge in [0.1, 0.15) is 16.9 Å². The van der Waals surface area contributed by atoms with Gasteiger partial charge < -0.3 is 4.57 Å². The molecular weight excluding hydrogens is 336 g/mol. The van der Waals surface area contributed by atoms with Gasteiger partial charge in [0.25, 0.3) is 0 Å². The molecule has 0 unspecified atom stereocenters. The van der Waals surface area contributed by atoms with Crippen molar-refractivity contribution >= 4 is 38.9 Å². The van der Waals surface area contributed by atoms with Crippen molar-refractivity contribution < 1.29 is 0 Å². The molecule has 0 amide bonds. The van der Waals surface area contributed by atoms with E-state index in [-0.39, 0.29) is 0 Å². The van der Waals surface area contributed by atoms with E-state index in [9.17, 15) is 0 Å². The number of fused-ring (bicyclic) bond motifs is 1. The van der Waals surface area contributed by atoms with Crippen molar-refractivity contribution in [3.8, 4) is 0 Å².